The minimum absolute atomic E-state index is 0.0893. The average Bonchev–Trinajstić information content (AvgIpc) is 2.64. The normalized spacial score (nSPS) is 20.6. The molecule has 1 unspecified atom stereocenters. The zero-order valence-electron chi connectivity index (χ0n) is 10.6. The van der Waals surface area contributed by atoms with Crippen molar-refractivity contribution in [2.75, 3.05) is 19.7 Å². The number of carbonyl (C=O) groups is 1. The summed E-state index contributed by atoms with van der Waals surface area (Å²) in [4.78, 5) is 14.4. The molecule has 1 atom stereocenters. The van der Waals surface area contributed by atoms with Crippen LogP contribution in [0.5, 0.6) is 0 Å². The predicted molar refractivity (Wildman–Crippen MR) is 74.7 cm³/mol. The van der Waals surface area contributed by atoms with Gasteiger partial charge in [-0.15, -0.1) is 0 Å². The highest BCUT2D eigenvalue weighted by atomic mass is 79.9. The Balaban J connectivity index is 2.15. The molecule has 4 heteroatoms. The summed E-state index contributed by atoms with van der Waals surface area (Å²) < 4.78 is 6.55. The summed E-state index contributed by atoms with van der Waals surface area (Å²) in [5.74, 6) is 0.0893. The molecular weight excluding hydrogens is 294 g/mol. The summed E-state index contributed by atoms with van der Waals surface area (Å²) in [5, 5.41) is 0. The van der Waals surface area contributed by atoms with E-state index < -0.39 is 0 Å². The fourth-order valence-electron chi connectivity index (χ4n) is 2.13. The van der Waals surface area contributed by atoms with E-state index in [1.54, 1.807) is 0 Å². The average molecular weight is 312 g/mol. The molecule has 2 rings (SSSR count). The third kappa shape index (κ3) is 3.12. The molecule has 0 bridgehead atoms. The molecule has 98 valence electrons. The van der Waals surface area contributed by atoms with Crippen molar-refractivity contribution in [1.82, 2.24) is 4.90 Å². The number of carbonyl (C=O) groups excluding carboxylic acids is 1. The summed E-state index contributed by atoms with van der Waals surface area (Å²) in [6.07, 6.45) is 2.02. The smallest absolute Gasteiger partial charge is 0.255 e. The van der Waals surface area contributed by atoms with Crippen LogP contribution in [0.2, 0.25) is 0 Å². The number of benzene rings is 1. The molecule has 18 heavy (non-hydrogen) atoms. The molecule has 0 aliphatic carbocycles. The van der Waals surface area contributed by atoms with Crippen LogP contribution in [0.1, 0.15) is 30.1 Å². The van der Waals surface area contributed by atoms with Crippen molar-refractivity contribution in [3.8, 4) is 0 Å². The lowest BCUT2D eigenvalue weighted by Gasteiger charge is -2.23. The molecule has 1 amide bonds. The summed E-state index contributed by atoms with van der Waals surface area (Å²) in [5.41, 5.74) is 0.731. The Kier molecular flexibility index (Phi) is 4.78. The van der Waals surface area contributed by atoms with Crippen molar-refractivity contribution in [2.45, 2.75) is 25.9 Å². The zero-order chi connectivity index (χ0) is 13.0. The monoisotopic (exact) mass is 311 g/mol. The maximum atomic E-state index is 12.5. The molecule has 0 saturated carbocycles. The fraction of sp³-hybridized carbons (Fsp3) is 0.500. The van der Waals surface area contributed by atoms with Crippen LogP contribution in [0.15, 0.2) is 28.7 Å². The fourth-order valence-corrected chi connectivity index (χ4v) is 2.59. The zero-order valence-corrected chi connectivity index (χ0v) is 12.1. The minimum Gasteiger partial charge on any atom is -0.376 e. The van der Waals surface area contributed by atoms with E-state index in [0.29, 0.717) is 6.54 Å². The summed E-state index contributed by atoms with van der Waals surface area (Å²) in [7, 11) is 0. The second-order valence-electron chi connectivity index (χ2n) is 4.49. The molecule has 1 heterocycles. The van der Waals surface area contributed by atoms with Gasteiger partial charge in [-0.1, -0.05) is 19.1 Å². The Morgan fingerprint density at radius 3 is 3.00 bits per heavy atom. The molecule has 3 nitrogen and oxygen atoms in total. The Morgan fingerprint density at radius 2 is 2.28 bits per heavy atom. The van der Waals surface area contributed by atoms with Gasteiger partial charge in [0.2, 0.25) is 0 Å². The molecule has 1 aliphatic rings. The Bertz CT molecular complexity index is 422. The Morgan fingerprint density at radius 1 is 1.50 bits per heavy atom. The molecule has 1 aromatic carbocycles. The molecular formula is C14H18BrNO2. The lowest BCUT2D eigenvalue weighted by atomic mass is 10.1. The van der Waals surface area contributed by atoms with Gasteiger partial charge >= 0.3 is 0 Å². The van der Waals surface area contributed by atoms with Gasteiger partial charge in [0, 0.05) is 24.2 Å². The molecule has 0 spiro atoms. The maximum Gasteiger partial charge on any atom is 0.255 e. The van der Waals surface area contributed by atoms with Crippen LogP contribution in [0.4, 0.5) is 0 Å². The lowest BCUT2D eigenvalue weighted by Crippen LogP contribution is -2.36. The van der Waals surface area contributed by atoms with E-state index in [1.165, 1.54) is 0 Å². The molecule has 1 fully saturated rings. The molecule has 1 aromatic rings. The van der Waals surface area contributed by atoms with Gasteiger partial charge in [-0.25, -0.2) is 0 Å². The standard InChI is InChI=1S/C14H18BrNO2/c1-2-11-10-16(8-5-9-18-11)14(17)12-6-3-4-7-13(12)15/h3-4,6-7,11H,2,5,8-10H2,1H3. The van der Waals surface area contributed by atoms with Crippen molar-refractivity contribution in [2.24, 2.45) is 0 Å². The first-order chi connectivity index (χ1) is 8.72. The van der Waals surface area contributed by atoms with Crippen molar-refractivity contribution >= 4 is 21.8 Å². The summed E-state index contributed by atoms with van der Waals surface area (Å²) in [6, 6.07) is 7.57. The van der Waals surface area contributed by atoms with E-state index >= 15 is 0 Å². The van der Waals surface area contributed by atoms with E-state index in [0.717, 1.165) is 36.0 Å². The number of hydrogen-bond donors (Lipinski definition) is 0. The second-order valence-corrected chi connectivity index (χ2v) is 5.34. The van der Waals surface area contributed by atoms with E-state index in [-0.39, 0.29) is 12.0 Å². The second kappa shape index (κ2) is 6.34. The van der Waals surface area contributed by atoms with Gasteiger partial charge in [-0.3, -0.25) is 4.79 Å². The van der Waals surface area contributed by atoms with Crippen LogP contribution in [0.3, 0.4) is 0 Å². The maximum absolute atomic E-state index is 12.5. The first-order valence-corrected chi connectivity index (χ1v) is 7.17. The van der Waals surface area contributed by atoms with Crippen LogP contribution in [0, 0.1) is 0 Å². The van der Waals surface area contributed by atoms with Gasteiger partial charge in [0.15, 0.2) is 0 Å². The third-order valence-corrected chi connectivity index (χ3v) is 3.89. The summed E-state index contributed by atoms with van der Waals surface area (Å²) >= 11 is 3.44. The SMILES string of the molecule is CCC1CN(C(=O)c2ccccc2Br)CCCO1. The number of halogens is 1. The lowest BCUT2D eigenvalue weighted by molar-refractivity contribution is 0.0459. The van der Waals surface area contributed by atoms with Crippen molar-refractivity contribution < 1.29 is 9.53 Å². The molecule has 0 aromatic heterocycles. The first-order valence-electron chi connectivity index (χ1n) is 6.37. The topological polar surface area (TPSA) is 29.5 Å². The largest absolute Gasteiger partial charge is 0.376 e. The Hall–Kier alpha value is -0.870. The quantitative estimate of drug-likeness (QED) is 0.840. The van der Waals surface area contributed by atoms with Crippen molar-refractivity contribution in [3.05, 3.63) is 34.3 Å². The van der Waals surface area contributed by atoms with Gasteiger partial charge in [0.1, 0.15) is 0 Å². The number of nitrogens with zero attached hydrogens (tertiary/aromatic N) is 1. The summed E-state index contributed by atoms with van der Waals surface area (Å²) in [6.45, 7) is 4.31. The predicted octanol–water partition coefficient (Wildman–Crippen LogP) is 3.09. The number of rotatable bonds is 2. The molecule has 1 aliphatic heterocycles. The first kappa shape index (κ1) is 13.6. The van der Waals surface area contributed by atoms with E-state index in [2.05, 4.69) is 22.9 Å². The van der Waals surface area contributed by atoms with Gasteiger partial charge in [-0.2, -0.15) is 0 Å². The van der Waals surface area contributed by atoms with Crippen LogP contribution in [0.25, 0.3) is 0 Å². The number of ether oxygens (including phenoxy) is 1. The van der Waals surface area contributed by atoms with E-state index in [9.17, 15) is 4.79 Å². The van der Waals surface area contributed by atoms with Gasteiger partial charge in [0.25, 0.3) is 5.91 Å². The van der Waals surface area contributed by atoms with Gasteiger partial charge in [0.05, 0.1) is 11.7 Å². The van der Waals surface area contributed by atoms with Crippen molar-refractivity contribution in [3.63, 3.8) is 0 Å². The number of hydrogen-bond acceptors (Lipinski definition) is 2. The highest BCUT2D eigenvalue weighted by molar-refractivity contribution is 9.10. The van der Waals surface area contributed by atoms with E-state index in [4.69, 9.17) is 4.74 Å². The van der Waals surface area contributed by atoms with Gasteiger partial charge < -0.3 is 9.64 Å². The number of amides is 1. The van der Waals surface area contributed by atoms with Crippen LogP contribution >= 0.6 is 15.9 Å². The minimum atomic E-state index is 0.0893. The molecule has 0 N–H and O–H groups in total. The van der Waals surface area contributed by atoms with Crippen LogP contribution < -0.4 is 0 Å². The highest BCUT2D eigenvalue weighted by Gasteiger charge is 2.23. The highest BCUT2D eigenvalue weighted by Crippen LogP contribution is 2.19. The van der Waals surface area contributed by atoms with Crippen LogP contribution in [-0.4, -0.2) is 36.6 Å². The van der Waals surface area contributed by atoms with E-state index in [1.807, 2.05) is 29.2 Å². The Labute approximate surface area is 116 Å². The van der Waals surface area contributed by atoms with Gasteiger partial charge in [-0.05, 0) is 40.9 Å². The molecule has 0 radical (unpaired) electrons. The third-order valence-electron chi connectivity index (χ3n) is 3.20. The molecule has 1 saturated heterocycles. The van der Waals surface area contributed by atoms with Crippen molar-refractivity contribution in [1.29, 1.82) is 0 Å². The van der Waals surface area contributed by atoms with Crippen LogP contribution in [-0.2, 0) is 4.74 Å².